The molecule has 2 N–H and O–H groups in total. The lowest BCUT2D eigenvalue weighted by Gasteiger charge is -2.41. The van der Waals surface area contributed by atoms with Crippen molar-refractivity contribution < 1.29 is 9.47 Å². The third kappa shape index (κ3) is 3.56. The van der Waals surface area contributed by atoms with E-state index in [-0.39, 0.29) is 11.6 Å². The van der Waals surface area contributed by atoms with Gasteiger partial charge in [0.25, 0.3) is 0 Å². The van der Waals surface area contributed by atoms with Crippen LogP contribution in [0.3, 0.4) is 0 Å². The van der Waals surface area contributed by atoms with Crippen LogP contribution in [0.1, 0.15) is 30.9 Å². The minimum atomic E-state index is -0.212. The fourth-order valence-corrected chi connectivity index (χ4v) is 2.91. The average molecular weight is 263 g/mol. The van der Waals surface area contributed by atoms with Gasteiger partial charge in [-0.05, 0) is 25.8 Å². The van der Waals surface area contributed by atoms with Gasteiger partial charge < -0.3 is 15.2 Å². The molecule has 3 heteroatoms. The van der Waals surface area contributed by atoms with Gasteiger partial charge >= 0.3 is 0 Å². The van der Waals surface area contributed by atoms with Gasteiger partial charge in [0, 0.05) is 38.7 Å². The maximum Gasteiger partial charge on any atom is 0.0879 e. The van der Waals surface area contributed by atoms with Crippen LogP contribution in [-0.4, -0.2) is 31.5 Å². The second kappa shape index (κ2) is 6.51. The van der Waals surface area contributed by atoms with Crippen molar-refractivity contribution in [2.45, 2.75) is 44.8 Å². The normalized spacial score (nSPS) is 20.2. The van der Waals surface area contributed by atoms with E-state index in [0.717, 1.165) is 32.5 Å². The number of benzene rings is 1. The molecule has 3 nitrogen and oxygen atoms in total. The largest absolute Gasteiger partial charge is 0.381 e. The highest BCUT2D eigenvalue weighted by atomic mass is 16.5. The summed E-state index contributed by atoms with van der Waals surface area (Å²) in [6, 6.07) is 8.58. The Balaban J connectivity index is 2.08. The van der Waals surface area contributed by atoms with Gasteiger partial charge in [-0.15, -0.1) is 0 Å². The summed E-state index contributed by atoms with van der Waals surface area (Å²) < 4.78 is 11.5. The van der Waals surface area contributed by atoms with Crippen LogP contribution in [0.2, 0.25) is 0 Å². The summed E-state index contributed by atoms with van der Waals surface area (Å²) in [5, 5.41) is 0. The van der Waals surface area contributed by atoms with Gasteiger partial charge in [0.05, 0.1) is 5.60 Å². The first kappa shape index (κ1) is 14.5. The summed E-state index contributed by atoms with van der Waals surface area (Å²) >= 11 is 0. The van der Waals surface area contributed by atoms with Crippen molar-refractivity contribution in [2.75, 3.05) is 19.8 Å². The van der Waals surface area contributed by atoms with Crippen LogP contribution in [-0.2, 0) is 15.9 Å². The van der Waals surface area contributed by atoms with Crippen molar-refractivity contribution in [3.05, 3.63) is 35.4 Å². The molecule has 1 aliphatic rings. The van der Waals surface area contributed by atoms with Crippen LogP contribution in [0.5, 0.6) is 0 Å². The zero-order chi connectivity index (χ0) is 13.7. The molecule has 1 fully saturated rings. The first-order valence-electron chi connectivity index (χ1n) is 7.19. The van der Waals surface area contributed by atoms with Gasteiger partial charge in [0.2, 0.25) is 0 Å². The van der Waals surface area contributed by atoms with Crippen molar-refractivity contribution in [3.8, 4) is 0 Å². The Hall–Kier alpha value is -0.900. The summed E-state index contributed by atoms with van der Waals surface area (Å²) in [5.41, 5.74) is 8.83. The molecule has 1 aromatic carbocycles. The molecule has 0 radical (unpaired) electrons. The Morgan fingerprint density at radius 2 is 2.11 bits per heavy atom. The van der Waals surface area contributed by atoms with Crippen LogP contribution in [0.15, 0.2) is 24.3 Å². The predicted octanol–water partition coefficient (Wildman–Crippen LogP) is 2.45. The first-order valence-corrected chi connectivity index (χ1v) is 7.19. The standard InChI is InChI=1S/C16H25NO2/c1-3-19-16(7-9-18-10-8-16)15(17)12-14-6-4-5-13(2)11-14/h4-6,11,15H,3,7-10,12,17H2,1-2H3. The number of aryl methyl sites for hydroxylation is 1. The second-order valence-electron chi connectivity index (χ2n) is 5.41. The number of rotatable bonds is 5. The maximum absolute atomic E-state index is 6.47. The van der Waals surface area contributed by atoms with Crippen molar-refractivity contribution in [3.63, 3.8) is 0 Å². The van der Waals surface area contributed by atoms with E-state index in [2.05, 4.69) is 31.2 Å². The zero-order valence-corrected chi connectivity index (χ0v) is 12.0. The molecule has 1 aliphatic heterocycles. The Labute approximate surface area is 116 Å². The van der Waals surface area contributed by atoms with Gasteiger partial charge in [-0.1, -0.05) is 29.8 Å². The molecule has 0 amide bonds. The molecule has 1 atom stereocenters. The molecular weight excluding hydrogens is 238 g/mol. The van der Waals surface area contributed by atoms with Gasteiger partial charge in [-0.25, -0.2) is 0 Å². The van der Waals surface area contributed by atoms with E-state index in [1.807, 2.05) is 6.92 Å². The Kier molecular flexibility index (Phi) is 4.97. The quantitative estimate of drug-likeness (QED) is 0.887. The van der Waals surface area contributed by atoms with E-state index in [0.29, 0.717) is 6.61 Å². The molecule has 106 valence electrons. The maximum atomic E-state index is 6.47. The highest BCUT2D eigenvalue weighted by molar-refractivity contribution is 5.23. The lowest BCUT2D eigenvalue weighted by Crippen LogP contribution is -2.54. The number of hydrogen-bond acceptors (Lipinski definition) is 3. The van der Waals surface area contributed by atoms with Gasteiger partial charge in [-0.3, -0.25) is 0 Å². The molecular formula is C16H25NO2. The van der Waals surface area contributed by atoms with Crippen LogP contribution in [0, 0.1) is 6.92 Å². The van der Waals surface area contributed by atoms with E-state index < -0.39 is 0 Å². The van der Waals surface area contributed by atoms with Crippen molar-refractivity contribution in [2.24, 2.45) is 5.73 Å². The lowest BCUT2D eigenvalue weighted by molar-refractivity contribution is -0.120. The molecule has 1 heterocycles. The summed E-state index contributed by atoms with van der Waals surface area (Å²) in [6.07, 6.45) is 2.66. The number of hydrogen-bond donors (Lipinski definition) is 1. The molecule has 19 heavy (non-hydrogen) atoms. The predicted molar refractivity (Wildman–Crippen MR) is 77.3 cm³/mol. The molecule has 1 aromatic rings. The summed E-state index contributed by atoms with van der Waals surface area (Å²) in [5.74, 6) is 0. The second-order valence-corrected chi connectivity index (χ2v) is 5.41. The third-order valence-corrected chi connectivity index (χ3v) is 3.98. The van der Waals surface area contributed by atoms with Crippen molar-refractivity contribution >= 4 is 0 Å². The summed E-state index contributed by atoms with van der Waals surface area (Å²) in [4.78, 5) is 0. The lowest BCUT2D eigenvalue weighted by atomic mass is 9.83. The fourth-order valence-electron chi connectivity index (χ4n) is 2.91. The average Bonchev–Trinajstić information content (AvgIpc) is 2.40. The molecule has 0 spiro atoms. The Morgan fingerprint density at radius 3 is 2.74 bits per heavy atom. The smallest absolute Gasteiger partial charge is 0.0879 e. The Bertz CT molecular complexity index is 394. The molecule has 0 bridgehead atoms. The topological polar surface area (TPSA) is 44.5 Å². The molecule has 0 saturated carbocycles. The number of ether oxygens (including phenoxy) is 2. The summed E-state index contributed by atoms with van der Waals surface area (Å²) in [6.45, 7) is 6.36. The first-order chi connectivity index (χ1) is 9.16. The van der Waals surface area contributed by atoms with E-state index in [1.165, 1.54) is 11.1 Å². The van der Waals surface area contributed by atoms with Gasteiger partial charge in [-0.2, -0.15) is 0 Å². The minimum absolute atomic E-state index is 0.0261. The van der Waals surface area contributed by atoms with E-state index in [9.17, 15) is 0 Å². The van der Waals surface area contributed by atoms with Gasteiger partial charge in [0.1, 0.15) is 0 Å². The highest BCUT2D eigenvalue weighted by Gasteiger charge is 2.39. The van der Waals surface area contributed by atoms with Crippen LogP contribution >= 0.6 is 0 Å². The van der Waals surface area contributed by atoms with Gasteiger partial charge in [0.15, 0.2) is 0 Å². The molecule has 0 aromatic heterocycles. The molecule has 1 saturated heterocycles. The third-order valence-electron chi connectivity index (χ3n) is 3.98. The van der Waals surface area contributed by atoms with E-state index >= 15 is 0 Å². The monoisotopic (exact) mass is 263 g/mol. The SMILES string of the molecule is CCOC1(C(N)Cc2cccc(C)c2)CCOCC1. The highest BCUT2D eigenvalue weighted by Crippen LogP contribution is 2.29. The van der Waals surface area contributed by atoms with E-state index in [1.54, 1.807) is 0 Å². The Morgan fingerprint density at radius 1 is 1.37 bits per heavy atom. The molecule has 0 aliphatic carbocycles. The van der Waals surface area contributed by atoms with Crippen LogP contribution < -0.4 is 5.73 Å². The van der Waals surface area contributed by atoms with Crippen LogP contribution in [0.4, 0.5) is 0 Å². The minimum Gasteiger partial charge on any atom is -0.381 e. The van der Waals surface area contributed by atoms with E-state index in [4.69, 9.17) is 15.2 Å². The molecule has 1 unspecified atom stereocenters. The molecule has 2 rings (SSSR count). The summed E-state index contributed by atoms with van der Waals surface area (Å²) in [7, 11) is 0. The van der Waals surface area contributed by atoms with Crippen molar-refractivity contribution in [1.82, 2.24) is 0 Å². The van der Waals surface area contributed by atoms with Crippen LogP contribution in [0.25, 0.3) is 0 Å². The number of nitrogens with two attached hydrogens (primary N) is 1. The van der Waals surface area contributed by atoms with Crippen molar-refractivity contribution in [1.29, 1.82) is 0 Å². The fraction of sp³-hybridized carbons (Fsp3) is 0.625. The zero-order valence-electron chi connectivity index (χ0n) is 12.0.